The maximum Gasteiger partial charge on any atom is 0.305 e. The maximum absolute atomic E-state index is 11.8. The van der Waals surface area contributed by atoms with Gasteiger partial charge < -0.3 is 16.2 Å². The molecule has 0 saturated carbocycles. The van der Waals surface area contributed by atoms with Crippen LogP contribution in [0.25, 0.3) is 0 Å². The number of benzene rings is 1. The molecule has 0 aliphatic rings. The van der Waals surface area contributed by atoms with Crippen LogP contribution in [0.1, 0.15) is 32.8 Å². The predicted octanol–water partition coefficient (Wildman–Crippen LogP) is 1.72. The fourth-order valence-electron chi connectivity index (χ4n) is 1.75. The summed E-state index contributed by atoms with van der Waals surface area (Å²) in [5.74, 6) is -1.58. The molecule has 0 radical (unpaired) electrons. The molecule has 1 atom stereocenters. The van der Waals surface area contributed by atoms with Crippen LogP contribution < -0.4 is 11.1 Å². The highest BCUT2D eigenvalue weighted by Gasteiger charge is 2.21. The number of carboxylic acids is 1. The Hall–Kier alpha value is -1.88. The van der Waals surface area contributed by atoms with Gasteiger partial charge in [-0.25, -0.2) is 0 Å². The Kier molecular flexibility index (Phi) is 4.67. The largest absolute Gasteiger partial charge is 0.481 e. The molecule has 19 heavy (non-hydrogen) atoms. The average Bonchev–Trinajstić information content (AvgIpc) is 2.27. The van der Waals surface area contributed by atoms with Gasteiger partial charge in [-0.3, -0.25) is 9.59 Å². The zero-order valence-electron chi connectivity index (χ0n) is 11.4. The number of amides is 1. The van der Waals surface area contributed by atoms with E-state index in [1.54, 1.807) is 6.07 Å². The topological polar surface area (TPSA) is 92.4 Å². The van der Waals surface area contributed by atoms with Crippen LogP contribution in [0.2, 0.25) is 0 Å². The monoisotopic (exact) mass is 264 g/mol. The molecule has 0 aliphatic carbocycles. The van der Waals surface area contributed by atoms with Crippen molar-refractivity contribution >= 4 is 17.6 Å². The average molecular weight is 264 g/mol. The van der Waals surface area contributed by atoms with Crippen LogP contribution in [0.3, 0.4) is 0 Å². The molecule has 1 aromatic rings. The van der Waals surface area contributed by atoms with Crippen molar-refractivity contribution in [3.8, 4) is 0 Å². The fraction of sp³-hybridized carbons (Fsp3) is 0.429. The van der Waals surface area contributed by atoms with Crippen LogP contribution in [-0.4, -0.2) is 23.0 Å². The summed E-state index contributed by atoms with van der Waals surface area (Å²) in [6.45, 7) is 6.11. The number of aliphatic carboxylic acids is 1. The highest BCUT2D eigenvalue weighted by molar-refractivity contribution is 5.97. The lowest BCUT2D eigenvalue weighted by Gasteiger charge is -2.23. The molecule has 0 spiro atoms. The van der Waals surface area contributed by atoms with Crippen LogP contribution in [0.5, 0.6) is 0 Å². The number of nitrogens with one attached hydrogen (secondary N) is 1. The number of carbonyl (C=O) groups excluding carboxylic acids is 1. The first-order chi connectivity index (χ1) is 8.71. The Morgan fingerprint density at radius 3 is 2.42 bits per heavy atom. The van der Waals surface area contributed by atoms with Crippen molar-refractivity contribution in [1.82, 2.24) is 0 Å². The van der Waals surface area contributed by atoms with E-state index in [1.165, 1.54) is 0 Å². The molecule has 0 aliphatic heterocycles. The van der Waals surface area contributed by atoms with Gasteiger partial charge >= 0.3 is 5.97 Å². The van der Waals surface area contributed by atoms with Gasteiger partial charge in [-0.2, -0.15) is 0 Å². The first-order valence-electron chi connectivity index (χ1n) is 6.09. The third-order valence-corrected chi connectivity index (χ3v) is 2.72. The lowest BCUT2D eigenvalue weighted by Crippen LogP contribution is -2.37. The zero-order chi connectivity index (χ0) is 14.6. The van der Waals surface area contributed by atoms with Crippen molar-refractivity contribution in [2.24, 2.45) is 5.73 Å². The van der Waals surface area contributed by atoms with Gasteiger partial charge in [0.15, 0.2) is 0 Å². The second kappa shape index (κ2) is 5.84. The highest BCUT2D eigenvalue weighted by Crippen LogP contribution is 2.29. The number of para-hydroxylation sites is 1. The van der Waals surface area contributed by atoms with Crippen molar-refractivity contribution in [2.75, 3.05) is 5.32 Å². The number of rotatable bonds is 4. The molecule has 0 saturated heterocycles. The lowest BCUT2D eigenvalue weighted by molar-refractivity contribution is -0.138. The molecule has 0 fully saturated rings. The Labute approximate surface area is 112 Å². The summed E-state index contributed by atoms with van der Waals surface area (Å²) >= 11 is 0. The first kappa shape index (κ1) is 15.2. The van der Waals surface area contributed by atoms with E-state index < -0.39 is 17.9 Å². The standard InChI is InChI=1S/C14H20N2O3/c1-14(2,3)9-6-4-5-7-11(9)16-13(19)10(15)8-12(17)18/h4-7,10H,8,15H2,1-3H3,(H,16,19)(H,17,18). The summed E-state index contributed by atoms with van der Waals surface area (Å²) in [5.41, 5.74) is 7.05. The van der Waals surface area contributed by atoms with Gasteiger partial charge in [-0.15, -0.1) is 0 Å². The van der Waals surface area contributed by atoms with E-state index in [0.717, 1.165) is 5.56 Å². The van der Waals surface area contributed by atoms with Gasteiger partial charge in [0.2, 0.25) is 5.91 Å². The number of carbonyl (C=O) groups is 2. The van der Waals surface area contributed by atoms with Gasteiger partial charge in [-0.05, 0) is 17.0 Å². The molecule has 1 aromatic carbocycles. The molecule has 1 unspecified atom stereocenters. The van der Waals surface area contributed by atoms with Crippen LogP contribution in [0.4, 0.5) is 5.69 Å². The Bertz CT molecular complexity index is 478. The minimum Gasteiger partial charge on any atom is -0.481 e. The van der Waals surface area contributed by atoms with E-state index in [-0.39, 0.29) is 11.8 Å². The van der Waals surface area contributed by atoms with Crippen molar-refractivity contribution in [3.05, 3.63) is 29.8 Å². The summed E-state index contributed by atoms with van der Waals surface area (Å²) in [6, 6.07) is 6.37. The summed E-state index contributed by atoms with van der Waals surface area (Å²) in [6.07, 6.45) is -0.385. The van der Waals surface area contributed by atoms with E-state index in [1.807, 2.05) is 39.0 Å². The summed E-state index contributed by atoms with van der Waals surface area (Å²) in [5, 5.41) is 11.3. The Balaban J connectivity index is 2.88. The third kappa shape index (κ3) is 4.37. The predicted molar refractivity (Wildman–Crippen MR) is 74.0 cm³/mol. The molecule has 5 heteroatoms. The third-order valence-electron chi connectivity index (χ3n) is 2.72. The molecular formula is C14H20N2O3. The van der Waals surface area contributed by atoms with Crippen molar-refractivity contribution in [2.45, 2.75) is 38.6 Å². The number of hydrogen-bond donors (Lipinski definition) is 3. The van der Waals surface area contributed by atoms with Crippen molar-refractivity contribution < 1.29 is 14.7 Å². The van der Waals surface area contributed by atoms with Crippen LogP contribution >= 0.6 is 0 Å². The van der Waals surface area contributed by atoms with Gasteiger partial charge in [0, 0.05) is 5.69 Å². The van der Waals surface area contributed by atoms with E-state index in [9.17, 15) is 9.59 Å². The molecular weight excluding hydrogens is 244 g/mol. The number of carboxylic acid groups (broad SMARTS) is 1. The van der Waals surface area contributed by atoms with Crippen LogP contribution in [0, 0.1) is 0 Å². The number of hydrogen-bond acceptors (Lipinski definition) is 3. The van der Waals surface area contributed by atoms with Crippen LogP contribution in [0.15, 0.2) is 24.3 Å². The fourth-order valence-corrected chi connectivity index (χ4v) is 1.75. The number of anilines is 1. The minimum atomic E-state index is -1.09. The zero-order valence-corrected chi connectivity index (χ0v) is 11.4. The number of nitrogens with two attached hydrogens (primary N) is 1. The van der Waals surface area contributed by atoms with Crippen molar-refractivity contribution in [3.63, 3.8) is 0 Å². The summed E-state index contributed by atoms with van der Waals surface area (Å²) in [4.78, 5) is 22.4. The smallest absolute Gasteiger partial charge is 0.305 e. The Morgan fingerprint density at radius 1 is 1.32 bits per heavy atom. The van der Waals surface area contributed by atoms with Gasteiger partial charge in [0.1, 0.15) is 0 Å². The van der Waals surface area contributed by atoms with Gasteiger partial charge in [-0.1, -0.05) is 39.0 Å². The molecule has 0 bridgehead atoms. The molecule has 1 rings (SSSR count). The second-order valence-corrected chi connectivity index (χ2v) is 5.49. The molecule has 0 heterocycles. The minimum absolute atomic E-state index is 0.124. The summed E-state index contributed by atoms with van der Waals surface area (Å²) < 4.78 is 0. The second-order valence-electron chi connectivity index (χ2n) is 5.49. The molecule has 4 N–H and O–H groups in total. The van der Waals surface area contributed by atoms with E-state index >= 15 is 0 Å². The molecule has 1 amide bonds. The Morgan fingerprint density at radius 2 is 1.89 bits per heavy atom. The molecule has 0 aromatic heterocycles. The highest BCUT2D eigenvalue weighted by atomic mass is 16.4. The van der Waals surface area contributed by atoms with Gasteiger partial charge in [0.25, 0.3) is 0 Å². The van der Waals surface area contributed by atoms with Crippen molar-refractivity contribution in [1.29, 1.82) is 0 Å². The summed E-state index contributed by atoms with van der Waals surface area (Å²) in [7, 11) is 0. The molecule has 5 nitrogen and oxygen atoms in total. The normalized spacial score (nSPS) is 12.8. The quantitative estimate of drug-likeness (QED) is 0.772. The SMILES string of the molecule is CC(C)(C)c1ccccc1NC(=O)C(N)CC(=O)O. The van der Waals surface area contributed by atoms with Gasteiger partial charge in [0.05, 0.1) is 12.5 Å². The van der Waals surface area contributed by atoms with Crippen LogP contribution in [-0.2, 0) is 15.0 Å². The lowest BCUT2D eigenvalue weighted by atomic mass is 9.86. The van der Waals surface area contributed by atoms with E-state index in [0.29, 0.717) is 5.69 Å². The van der Waals surface area contributed by atoms with E-state index in [2.05, 4.69) is 5.32 Å². The maximum atomic E-state index is 11.8. The first-order valence-corrected chi connectivity index (χ1v) is 6.09. The van der Waals surface area contributed by atoms with E-state index in [4.69, 9.17) is 10.8 Å². The molecule has 104 valence electrons.